The van der Waals surface area contributed by atoms with Crippen LogP contribution in [-0.2, 0) is 14.3 Å². The Balaban J connectivity index is 1.48. The van der Waals surface area contributed by atoms with Gasteiger partial charge in [-0.3, -0.25) is 9.59 Å². The third-order valence-corrected chi connectivity index (χ3v) is 5.90. The average molecular weight is 435 g/mol. The first kappa shape index (κ1) is 22.0. The van der Waals surface area contributed by atoms with Gasteiger partial charge in [0.2, 0.25) is 5.91 Å². The van der Waals surface area contributed by atoms with Gasteiger partial charge in [0.05, 0.1) is 24.3 Å². The fourth-order valence-corrected chi connectivity index (χ4v) is 4.31. The third-order valence-electron chi connectivity index (χ3n) is 5.90. The van der Waals surface area contributed by atoms with E-state index in [9.17, 15) is 14.7 Å². The molecule has 0 radical (unpaired) electrons. The van der Waals surface area contributed by atoms with Crippen molar-refractivity contribution in [1.82, 2.24) is 4.90 Å². The van der Waals surface area contributed by atoms with Crippen LogP contribution in [0.15, 0.2) is 48.5 Å². The number of carbonyl (C=O) groups excluding carboxylic acids is 2. The van der Waals surface area contributed by atoms with E-state index in [1.165, 1.54) is 6.07 Å². The van der Waals surface area contributed by atoms with E-state index >= 15 is 0 Å². The standard InChI is InChI=1S/C24H25N3O5/c25-13-16-2-1-3-18(12-16)24(30)26-19-6-4-17(5-7-19)23-21(14-28)27(22(29)15-32-23)20-8-10-31-11-9-20/h1-7,12,20-21,23,28H,8-11,14-15H2,(H,26,30). The maximum atomic E-state index is 12.6. The summed E-state index contributed by atoms with van der Waals surface area (Å²) in [5.74, 6) is -0.427. The zero-order valence-corrected chi connectivity index (χ0v) is 17.6. The predicted octanol–water partition coefficient (Wildman–Crippen LogP) is 2.25. The monoisotopic (exact) mass is 435 g/mol. The first-order chi connectivity index (χ1) is 15.6. The summed E-state index contributed by atoms with van der Waals surface area (Å²) in [6.07, 6.45) is 1.03. The first-order valence-electron chi connectivity index (χ1n) is 10.6. The Labute approximate surface area is 186 Å². The number of aliphatic hydroxyl groups is 1. The van der Waals surface area contributed by atoms with Gasteiger partial charge < -0.3 is 24.8 Å². The second-order valence-electron chi connectivity index (χ2n) is 7.89. The van der Waals surface area contributed by atoms with E-state index in [1.807, 2.05) is 18.2 Å². The van der Waals surface area contributed by atoms with Crippen molar-refractivity contribution in [2.24, 2.45) is 0 Å². The molecule has 0 aromatic heterocycles. The zero-order valence-electron chi connectivity index (χ0n) is 17.6. The van der Waals surface area contributed by atoms with Gasteiger partial charge in [0.15, 0.2) is 0 Å². The van der Waals surface area contributed by atoms with Crippen molar-refractivity contribution in [3.05, 3.63) is 65.2 Å². The normalized spacial score (nSPS) is 21.8. The molecule has 0 spiro atoms. The molecule has 0 aliphatic carbocycles. The van der Waals surface area contributed by atoms with Gasteiger partial charge in [0, 0.05) is 30.5 Å². The van der Waals surface area contributed by atoms with Crippen molar-refractivity contribution in [1.29, 1.82) is 5.26 Å². The topological polar surface area (TPSA) is 112 Å². The molecule has 0 saturated carbocycles. The molecule has 2 saturated heterocycles. The second-order valence-corrected chi connectivity index (χ2v) is 7.89. The Morgan fingerprint density at radius 2 is 1.94 bits per heavy atom. The highest BCUT2D eigenvalue weighted by molar-refractivity contribution is 6.04. The van der Waals surface area contributed by atoms with Gasteiger partial charge in [-0.25, -0.2) is 0 Å². The summed E-state index contributed by atoms with van der Waals surface area (Å²) >= 11 is 0. The summed E-state index contributed by atoms with van der Waals surface area (Å²) < 4.78 is 11.2. The molecule has 2 aliphatic rings. The van der Waals surface area contributed by atoms with Gasteiger partial charge in [-0.2, -0.15) is 5.26 Å². The van der Waals surface area contributed by atoms with E-state index in [-0.39, 0.29) is 31.1 Å². The molecular formula is C24H25N3O5. The number of ether oxygens (including phenoxy) is 2. The van der Waals surface area contributed by atoms with Crippen LogP contribution in [0.5, 0.6) is 0 Å². The van der Waals surface area contributed by atoms with Crippen molar-refractivity contribution in [2.45, 2.75) is 31.0 Å². The molecule has 166 valence electrons. The molecule has 2 unspecified atom stereocenters. The lowest BCUT2D eigenvalue weighted by atomic mass is 9.95. The number of hydrogen-bond acceptors (Lipinski definition) is 6. The van der Waals surface area contributed by atoms with Crippen LogP contribution in [0.4, 0.5) is 5.69 Å². The Bertz CT molecular complexity index is 1010. The van der Waals surface area contributed by atoms with Crippen molar-refractivity contribution in [2.75, 3.05) is 31.7 Å². The molecule has 2 aliphatic heterocycles. The van der Waals surface area contributed by atoms with E-state index in [0.717, 1.165) is 18.4 Å². The molecule has 8 nitrogen and oxygen atoms in total. The molecule has 8 heteroatoms. The van der Waals surface area contributed by atoms with Crippen molar-refractivity contribution in [3.63, 3.8) is 0 Å². The first-order valence-corrected chi connectivity index (χ1v) is 10.6. The Morgan fingerprint density at radius 1 is 1.19 bits per heavy atom. The second kappa shape index (κ2) is 9.92. The number of anilines is 1. The number of carbonyl (C=O) groups is 2. The average Bonchev–Trinajstić information content (AvgIpc) is 2.85. The van der Waals surface area contributed by atoms with Crippen LogP contribution in [0.1, 0.15) is 40.4 Å². The van der Waals surface area contributed by atoms with Crippen LogP contribution in [0.2, 0.25) is 0 Å². The third kappa shape index (κ3) is 4.65. The van der Waals surface area contributed by atoms with Crippen LogP contribution in [-0.4, -0.2) is 60.3 Å². The van der Waals surface area contributed by atoms with Gasteiger partial charge in [-0.1, -0.05) is 18.2 Å². The van der Waals surface area contributed by atoms with Crippen LogP contribution in [0.25, 0.3) is 0 Å². The Morgan fingerprint density at radius 3 is 2.62 bits per heavy atom. The number of nitrogens with one attached hydrogen (secondary N) is 1. The molecule has 2 atom stereocenters. The van der Waals surface area contributed by atoms with Gasteiger partial charge in [-0.15, -0.1) is 0 Å². The number of nitriles is 1. The summed E-state index contributed by atoms with van der Waals surface area (Å²) in [5.41, 5.74) is 2.23. The Kier molecular flexibility index (Phi) is 6.81. The molecule has 2 aromatic rings. The van der Waals surface area contributed by atoms with Gasteiger partial charge in [0.25, 0.3) is 5.91 Å². The van der Waals surface area contributed by atoms with Gasteiger partial charge in [0.1, 0.15) is 12.7 Å². The van der Waals surface area contributed by atoms with Crippen LogP contribution in [0, 0.1) is 11.3 Å². The number of rotatable bonds is 5. The zero-order chi connectivity index (χ0) is 22.5. The quantitative estimate of drug-likeness (QED) is 0.745. The number of nitrogens with zero attached hydrogens (tertiary/aromatic N) is 2. The molecule has 2 amide bonds. The van der Waals surface area contributed by atoms with Gasteiger partial charge >= 0.3 is 0 Å². The lowest BCUT2D eigenvalue weighted by Crippen LogP contribution is -2.57. The number of aliphatic hydroxyl groups excluding tert-OH is 1. The Hall–Kier alpha value is -3.25. The highest BCUT2D eigenvalue weighted by Crippen LogP contribution is 2.33. The molecule has 32 heavy (non-hydrogen) atoms. The van der Waals surface area contributed by atoms with Crippen LogP contribution in [0.3, 0.4) is 0 Å². The van der Waals surface area contributed by atoms with E-state index in [4.69, 9.17) is 14.7 Å². The molecule has 2 aromatic carbocycles. The highest BCUT2D eigenvalue weighted by Gasteiger charge is 2.41. The smallest absolute Gasteiger partial charge is 0.255 e. The molecule has 4 rings (SSSR count). The van der Waals surface area contributed by atoms with Crippen LogP contribution >= 0.6 is 0 Å². The summed E-state index contributed by atoms with van der Waals surface area (Å²) in [6.45, 7) is 0.960. The predicted molar refractivity (Wildman–Crippen MR) is 116 cm³/mol. The summed E-state index contributed by atoms with van der Waals surface area (Å²) in [7, 11) is 0. The maximum absolute atomic E-state index is 12.6. The summed E-state index contributed by atoms with van der Waals surface area (Å²) in [5, 5.41) is 21.9. The SMILES string of the molecule is N#Cc1cccc(C(=O)Nc2ccc(C3OCC(=O)N(C4CCOCC4)C3CO)cc2)c1. The minimum atomic E-state index is -0.478. The van der Waals surface area contributed by atoms with Crippen molar-refractivity contribution < 1.29 is 24.2 Å². The fraction of sp³-hybridized carbons (Fsp3) is 0.375. The van der Waals surface area contributed by atoms with Crippen molar-refractivity contribution >= 4 is 17.5 Å². The number of hydrogen-bond donors (Lipinski definition) is 2. The lowest BCUT2D eigenvalue weighted by molar-refractivity contribution is -0.168. The number of benzene rings is 2. The number of morpholine rings is 1. The van der Waals surface area contributed by atoms with Crippen LogP contribution < -0.4 is 5.32 Å². The minimum Gasteiger partial charge on any atom is -0.394 e. The fourth-order valence-electron chi connectivity index (χ4n) is 4.31. The number of amides is 2. The molecule has 0 bridgehead atoms. The largest absolute Gasteiger partial charge is 0.394 e. The van der Waals surface area contributed by atoms with E-state index in [0.29, 0.717) is 30.0 Å². The maximum Gasteiger partial charge on any atom is 0.255 e. The summed E-state index contributed by atoms with van der Waals surface area (Å²) in [6, 6.07) is 15.2. The molecule has 2 fully saturated rings. The van der Waals surface area contributed by atoms with E-state index < -0.39 is 12.1 Å². The summed E-state index contributed by atoms with van der Waals surface area (Å²) in [4.78, 5) is 26.8. The highest BCUT2D eigenvalue weighted by atomic mass is 16.5. The van der Waals surface area contributed by atoms with E-state index in [2.05, 4.69) is 5.32 Å². The van der Waals surface area contributed by atoms with E-state index in [1.54, 1.807) is 35.2 Å². The van der Waals surface area contributed by atoms with Gasteiger partial charge in [-0.05, 0) is 48.7 Å². The minimum absolute atomic E-state index is 0.0301. The molecule has 2 N–H and O–H groups in total. The van der Waals surface area contributed by atoms with Crippen molar-refractivity contribution in [3.8, 4) is 6.07 Å². The molecule has 2 heterocycles. The lowest BCUT2D eigenvalue weighted by Gasteiger charge is -2.45. The molecular weight excluding hydrogens is 410 g/mol.